The van der Waals surface area contributed by atoms with Crippen LogP contribution < -0.4 is 0 Å². The molecule has 0 aromatic heterocycles. The maximum Gasteiger partial charge on any atom is 0.341 e. The van der Waals surface area contributed by atoms with Gasteiger partial charge in [-0.1, -0.05) is 24.3 Å². The number of carbonyl (C=O) groups excluding carboxylic acids is 1. The van der Waals surface area contributed by atoms with E-state index in [2.05, 4.69) is 17.9 Å². The van der Waals surface area contributed by atoms with Gasteiger partial charge in [0.15, 0.2) is 0 Å². The summed E-state index contributed by atoms with van der Waals surface area (Å²) in [7, 11) is 0. The molecule has 0 saturated heterocycles. The number of rotatable bonds is 3. The molecule has 19 heavy (non-hydrogen) atoms. The molecule has 0 unspecified atom stereocenters. The van der Waals surface area contributed by atoms with Crippen LogP contribution in [-0.4, -0.2) is 29.4 Å². The lowest BCUT2D eigenvalue weighted by Crippen LogP contribution is -2.08. The number of allylic oxidation sites excluding steroid dienone is 2. The maximum absolute atomic E-state index is 11.1. The van der Waals surface area contributed by atoms with Gasteiger partial charge in [-0.2, -0.15) is 0 Å². The van der Waals surface area contributed by atoms with E-state index in [9.17, 15) is 9.90 Å². The molecule has 0 saturated carbocycles. The van der Waals surface area contributed by atoms with E-state index in [1.807, 2.05) is 13.8 Å². The molecule has 0 fully saturated rings. The Balaban J connectivity index is 0. The van der Waals surface area contributed by atoms with E-state index < -0.39 is 5.97 Å². The van der Waals surface area contributed by atoms with Gasteiger partial charge in [0.2, 0.25) is 0 Å². The van der Waals surface area contributed by atoms with Crippen LogP contribution in [0.2, 0.25) is 0 Å². The first-order valence-electron chi connectivity index (χ1n) is 5.79. The number of phenols is 1. The van der Waals surface area contributed by atoms with Crippen LogP contribution in [-0.2, 0) is 4.74 Å². The van der Waals surface area contributed by atoms with Crippen LogP contribution in [0, 0.1) is 0 Å². The van der Waals surface area contributed by atoms with E-state index in [4.69, 9.17) is 5.11 Å². The van der Waals surface area contributed by atoms with Gasteiger partial charge in [0.25, 0.3) is 0 Å². The highest BCUT2D eigenvalue weighted by Gasteiger charge is 2.10. The first kappa shape index (κ1) is 19.3. The number of aliphatic hydroxyl groups is 1. The average molecular weight is 266 g/mol. The average Bonchev–Trinajstić information content (AvgIpc) is 2.38. The molecule has 4 nitrogen and oxygen atoms in total. The van der Waals surface area contributed by atoms with Crippen molar-refractivity contribution in [2.75, 3.05) is 13.2 Å². The Morgan fingerprint density at radius 3 is 2.16 bits per heavy atom. The summed E-state index contributed by atoms with van der Waals surface area (Å²) in [5, 5.41) is 17.6. The van der Waals surface area contributed by atoms with Crippen molar-refractivity contribution in [2.24, 2.45) is 0 Å². The number of aliphatic hydroxyl groups excluding tert-OH is 1. The monoisotopic (exact) mass is 266 g/mol. The summed E-state index contributed by atoms with van der Waals surface area (Å²) in [6, 6.07) is 6.08. The van der Waals surface area contributed by atoms with E-state index in [1.165, 1.54) is 12.1 Å². The van der Waals surface area contributed by atoms with Crippen molar-refractivity contribution in [1.29, 1.82) is 0 Å². The SMILES string of the molecule is C=CC.C=CC.O=C(OCCO)c1ccccc1O. The molecule has 106 valence electrons. The maximum atomic E-state index is 11.1. The quantitative estimate of drug-likeness (QED) is 0.652. The Kier molecular flexibility index (Phi) is 14.2. The van der Waals surface area contributed by atoms with Gasteiger partial charge in [0.05, 0.1) is 6.61 Å². The highest BCUT2D eigenvalue weighted by Crippen LogP contribution is 2.16. The predicted octanol–water partition coefficient (Wildman–Crippen LogP) is 2.93. The summed E-state index contributed by atoms with van der Waals surface area (Å²) >= 11 is 0. The van der Waals surface area contributed by atoms with E-state index in [0.29, 0.717) is 0 Å². The minimum atomic E-state index is -0.632. The van der Waals surface area contributed by atoms with Crippen molar-refractivity contribution in [1.82, 2.24) is 0 Å². The summed E-state index contributed by atoms with van der Waals surface area (Å²) in [5.74, 6) is -0.752. The first-order chi connectivity index (χ1) is 9.08. The van der Waals surface area contributed by atoms with Crippen LogP contribution in [0.3, 0.4) is 0 Å². The molecular weight excluding hydrogens is 244 g/mol. The van der Waals surface area contributed by atoms with Crippen LogP contribution >= 0.6 is 0 Å². The molecule has 2 N–H and O–H groups in total. The van der Waals surface area contributed by atoms with Gasteiger partial charge in [0, 0.05) is 0 Å². The number of para-hydroxylation sites is 1. The van der Waals surface area contributed by atoms with Gasteiger partial charge in [-0.3, -0.25) is 0 Å². The molecule has 0 amide bonds. The van der Waals surface area contributed by atoms with Crippen LogP contribution in [0.1, 0.15) is 24.2 Å². The summed E-state index contributed by atoms with van der Waals surface area (Å²) in [6.45, 7) is 10.2. The van der Waals surface area contributed by atoms with E-state index in [-0.39, 0.29) is 24.5 Å². The second kappa shape index (κ2) is 14.0. The van der Waals surface area contributed by atoms with Gasteiger partial charge in [-0.25, -0.2) is 4.79 Å². The zero-order valence-corrected chi connectivity index (χ0v) is 11.5. The highest BCUT2D eigenvalue weighted by atomic mass is 16.5. The topological polar surface area (TPSA) is 66.8 Å². The molecular formula is C15H22O4. The van der Waals surface area contributed by atoms with Gasteiger partial charge in [0.1, 0.15) is 17.9 Å². The van der Waals surface area contributed by atoms with Crippen LogP contribution in [0.15, 0.2) is 49.6 Å². The third kappa shape index (κ3) is 10.8. The Morgan fingerprint density at radius 1 is 1.26 bits per heavy atom. The van der Waals surface area contributed by atoms with Crippen molar-refractivity contribution >= 4 is 5.97 Å². The van der Waals surface area contributed by atoms with Gasteiger partial charge < -0.3 is 14.9 Å². The highest BCUT2D eigenvalue weighted by molar-refractivity contribution is 5.92. The Morgan fingerprint density at radius 2 is 1.74 bits per heavy atom. The van der Waals surface area contributed by atoms with E-state index in [1.54, 1.807) is 24.3 Å². The zero-order chi connectivity index (χ0) is 15.1. The van der Waals surface area contributed by atoms with Crippen molar-refractivity contribution in [3.8, 4) is 5.75 Å². The van der Waals surface area contributed by atoms with Gasteiger partial charge >= 0.3 is 5.97 Å². The smallest absolute Gasteiger partial charge is 0.341 e. The number of carbonyl (C=O) groups is 1. The summed E-state index contributed by atoms with van der Waals surface area (Å²) in [4.78, 5) is 11.1. The molecule has 0 aliphatic carbocycles. The minimum Gasteiger partial charge on any atom is -0.507 e. The number of benzene rings is 1. The zero-order valence-electron chi connectivity index (χ0n) is 11.5. The summed E-state index contributed by atoms with van der Waals surface area (Å²) in [6.07, 6.45) is 3.50. The van der Waals surface area contributed by atoms with E-state index in [0.717, 1.165) is 0 Å². The fourth-order valence-corrected chi connectivity index (χ4v) is 0.862. The standard InChI is InChI=1S/C9H10O4.2C3H6/c10-5-6-13-9(12)7-3-1-2-4-8(7)11;2*1-3-2/h1-4,10-11H,5-6H2;2*3H,1H2,2H3. The minimum absolute atomic E-state index is 0.0623. The summed E-state index contributed by atoms with van der Waals surface area (Å²) in [5.41, 5.74) is 0.107. The van der Waals surface area contributed by atoms with Gasteiger partial charge in [-0.15, -0.1) is 13.2 Å². The molecule has 1 aromatic carbocycles. The van der Waals surface area contributed by atoms with Crippen molar-refractivity contribution in [3.63, 3.8) is 0 Å². The number of ether oxygens (including phenoxy) is 1. The molecule has 0 heterocycles. The Hall–Kier alpha value is -2.07. The molecule has 0 spiro atoms. The van der Waals surface area contributed by atoms with E-state index >= 15 is 0 Å². The summed E-state index contributed by atoms with van der Waals surface area (Å²) < 4.78 is 4.61. The largest absolute Gasteiger partial charge is 0.507 e. The fourth-order valence-electron chi connectivity index (χ4n) is 0.862. The lowest BCUT2D eigenvalue weighted by Gasteiger charge is -2.03. The molecule has 0 aliphatic heterocycles. The second-order valence-corrected chi connectivity index (χ2v) is 3.19. The molecule has 1 rings (SSSR count). The first-order valence-corrected chi connectivity index (χ1v) is 5.79. The number of esters is 1. The molecule has 1 aromatic rings. The van der Waals surface area contributed by atoms with Crippen molar-refractivity contribution in [3.05, 3.63) is 55.1 Å². The molecule has 0 radical (unpaired) electrons. The van der Waals surface area contributed by atoms with Crippen LogP contribution in [0.5, 0.6) is 5.75 Å². The molecule has 4 heteroatoms. The normalized spacial score (nSPS) is 7.95. The molecule has 0 bridgehead atoms. The number of hydrogen-bond donors (Lipinski definition) is 2. The van der Waals surface area contributed by atoms with Crippen LogP contribution in [0.4, 0.5) is 0 Å². The third-order valence-corrected chi connectivity index (χ3v) is 1.45. The van der Waals surface area contributed by atoms with Crippen molar-refractivity contribution in [2.45, 2.75) is 13.8 Å². The lowest BCUT2D eigenvalue weighted by molar-refractivity contribution is 0.0430. The Labute approximate surface area is 114 Å². The van der Waals surface area contributed by atoms with Crippen molar-refractivity contribution < 1.29 is 19.7 Å². The lowest BCUT2D eigenvalue weighted by atomic mass is 10.2. The van der Waals surface area contributed by atoms with Crippen LogP contribution in [0.25, 0.3) is 0 Å². The van der Waals surface area contributed by atoms with Gasteiger partial charge in [-0.05, 0) is 26.0 Å². The molecule has 0 atom stereocenters. The molecule has 0 aliphatic rings. The number of hydrogen-bond acceptors (Lipinski definition) is 4. The number of phenolic OH excluding ortho intramolecular Hbond substituents is 1. The fraction of sp³-hybridized carbons (Fsp3) is 0.267. The second-order valence-electron chi connectivity index (χ2n) is 3.19. The predicted molar refractivity (Wildman–Crippen MR) is 77.2 cm³/mol. The third-order valence-electron chi connectivity index (χ3n) is 1.45. The number of aromatic hydroxyl groups is 1. The Bertz CT molecular complexity index is 366.